The molecule has 3 nitrogen and oxygen atoms in total. The summed E-state index contributed by atoms with van der Waals surface area (Å²) in [5.74, 6) is 0.198. The van der Waals surface area contributed by atoms with Crippen molar-refractivity contribution in [2.75, 3.05) is 5.75 Å². The molecule has 0 aromatic carbocycles. The lowest BCUT2D eigenvalue weighted by atomic mass is 10.2. The van der Waals surface area contributed by atoms with Gasteiger partial charge in [0.15, 0.2) is 0 Å². The van der Waals surface area contributed by atoms with Crippen LogP contribution in [0.25, 0.3) is 0 Å². The van der Waals surface area contributed by atoms with E-state index >= 15 is 0 Å². The van der Waals surface area contributed by atoms with Crippen molar-refractivity contribution in [1.82, 2.24) is 0 Å². The Hall–Kier alpha value is -0.0900. The molecule has 0 spiro atoms. The lowest BCUT2D eigenvalue weighted by Crippen LogP contribution is -2.25. The summed E-state index contributed by atoms with van der Waals surface area (Å²) in [4.78, 5) is 0. The lowest BCUT2D eigenvalue weighted by molar-refractivity contribution is 0.178. The lowest BCUT2D eigenvalue weighted by Gasteiger charge is -2.20. The van der Waals surface area contributed by atoms with Gasteiger partial charge < -0.3 is 0 Å². The topological polar surface area (TPSA) is 43.4 Å². The summed E-state index contributed by atoms with van der Waals surface area (Å²) in [7, 11) is -3.14. The maximum atomic E-state index is 10.8. The van der Waals surface area contributed by atoms with Gasteiger partial charge in [-0.15, -0.1) is 0 Å². The van der Waals surface area contributed by atoms with E-state index in [9.17, 15) is 8.42 Å². The van der Waals surface area contributed by atoms with E-state index in [0.29, 0.717) is 0 Å². The predicted molar refractivity (Wildman–Crippen MR) is 38.2 cm³/mol. The summed E-state index contributed by atoms with van der Waals surface area (Å²) < 4.78 is 26.4. The average Bonchev–Trinajstić information content (AvgIpc) is 1.86. The van der Waals surface area contributed by atoms with Crippen molar-refractivity contribution in [2.24, 2.45) is 0 Å². The minimum atomic E-state index is -3.14. The Bertz CT molecular complexity index is 195. The SMILES string of the molecule is CCC1CCCS(=O)(=O)O1. The molecule has 1 saturated heterocycles. The molecular weight excluding hydrogens is 152 g/mol. The highest BCUT2D eigenvalue weighted by atomic mass is 32.2. The van der Waals surface area contributed by atoms with E-state index in [-0.39, 0.29) is 11.9 Å². The molecule has 60 valence electrons. The second-order valence-corrected chi connectivity index (χ2v) is 4.25. The van der Waals surface area contributed by atoms with Gasteiger partial charge in [-0.05, 0) is 19.3 Å². The Morgan fingerprint density at radius 3 is 2.70 bits per heavy atom. The summed E-state index contributed by atoms with van der Waals surface area (Å²) in [6.45, 7) is 1.94. The van der Waals surface area contributed by atoms with Gasteiger partial charge in [0.25, 0.3) is 10.1 Å². The molecule has 1 fully saturated rings. The van der Waals surface area contributed by atoms with E-state index in [1.165, 1.54) is 0 Å². The molecule has 0 saturated carbocycles. The van der Waals surface area contributed by atoms with Gasteiger partial charge >= 0.3 is 0 Å². The third-order valence-electron chi connectivity index (χ3n) is 1.66. The fourth-order valence-corrected chi connectivity index (χ4v) is 2.33. The largest absolute Gasteiger partial charge is 0.267 e. The van der Waals surface area contributed by atoms with Crippen molar-refractivity contribution in [3.63, 3.8) is 0 Å². The van der Waals surface area contributed by atoms with Gasteiger partial charge in [0, 0.05) is 0 Å². The van der Waals surface area contributed by atoms with Gasteiger partial charge in [0.2, 0.25) is 0 Å². The standard InChI is InChI=1S/C6H12O3S/c1-2-6-4-3-5-10(7,8)9-6/h6H,2-5H2,1H3. The van der Waals surface area contributed by atoms with Crippen LogP contribution in [0.1, 0.15) is 26.2 Å². The molecule has 0 aliphatic carbocycles. The Morgan fingerprint density at radius 2 is 2.30 bits per heavy atom. The van der Waals surface area contributed by atoms with Gasteiger partial charge in [-0.1, -0.05) is 6.92 Å². The van der Waals surface area contributed by atoms with Crippen LogP contribution in [0.3, 0.4) is 0 Å². The number of hydrogen-bond acceptors (Lipinski definition) is 3. The molecule has 4 heteroatoms. The average molecular weight is 164 g/mol. The van der Waals surface area contributed by atoms with E-state index in [2.05, 4.69) is 0 Å². The van der Waals surface area contributed by atoms with Crippen molar-refractivity contribution < 1.29 is 12.6 Å². The molecule has 0 bridgehead atoms. The minimum absolute atomic E-state index is 0.0567. The van der Waals surface area contributed by atoms with Crippen LogP contribution >= 0.6 is 0 Å². The highest BCUT2D eigenvalue weighted by Gasteiger charge is 2.23. The van der Waals surface area contributed by atoms with Crippen LogP contribution in [-0.4, -0.2) is 20.3 Å². The first-order chi connectivity index (χ1) is 4.64. The van der Waals surface area contributed by atoms with Crippen LogP contribution in [-0.2, 0) is 14.3 Å². The second-order valence-electron chi connectivity index (χ2n) is 2.53. The number of hydrogen-bond donors (Lipinski definition) is 0. The van der Waals surface area contributed by atoms with Gasteiger partial charge in [-0.2, -0.15) is 8.42 Å². The van der Waals surface area contributed by atoms with Crippen molar-refractivity contribution in [2.45, 2.75) is 32.3 Å². The third-order valence-corrected chi connectivity index (χ3v) is 3.01. The first-order valence-electron chi connectivity index (χ1n) is 3.55. The summed E-state index contributed by atoms with van der Waals surface area (Å²) in [5, 5.41) is 0. The van der Waals surface area contributed by atoms with Crippen LogP contribution in [0.15, 0.2) is 0 Å². The summed E-state index contributed by atoms with van der Waals surface area (Å²) >= 11 is 0. The Labute approximate surface area is 61.5 Å². The van der Waals surface area contributed by atoms with Crippen molar-refractivity contribution in [3.05, 3.63) is 0 Å². The van der Waals surface area contributed by atoms with Crippen LogP contribution in [0.4, 0.5) is 0 Å². The highest BCUT2D eigenvalue weighted by Crippen LogP contribution is 2.17. The Kier molecular flexibility index (Phi) is 2.31. The minimum Gasteiger partial charge on any atom is -0.267 e. The Balaban J connectivity index is 2.56. The molecule has 0 aromatic rings. The number of rotatable bonds is 1. The van der Waals surface area contributed by atoms with Crippen LogP contribution in [0, 0.1) is 0 Å². The smallest absolute Gasteiger partial charge is 0.267 e. The van der Waals surface area contributed by atoms with E-state index in [1.54, 1.807) is 0 Å². The van der Waals surface area contributed by atoms with E-state index < -0.39 is 10.1 Å². The zero-order valence-electron chi connectivity index (χ0n) is 6.04. The molecule has 1 rings (SSSR count). The van der Waals surface area contributed by atoms with Crippen molar-refractivity contribution >= 4 is 10.1 Å². The summed E-state index contributed by atoms with van der Waals surface area (Å²) in [6, 6.07) is 0. The maximum Gasteiger partial charge on any atom is 0.267 e. The normalized spacial score (nSPS) is 31.9. The fourth-order valence-electron chi connectivity index (χ4n) is 1.06. The quantitative estimate of drug-likeness (QED) is 0.541. The molecule has 0 amide bonds. The zero-order chi connectivity index (χ0) is 7.61. The predicted octanol–water partition coefficient (Wildman–Crippen LogP) is 0.905. The monoisotopic (exact) mass is 164 g/mol. The summed E-state index contributed by atoms with van der Waals surface area (Å²) in [6.07, 6.45) is 2.37. The zero-order valence-corrected chi connectivity index (χ0v) is 6.86. The molecule has 10 heavy (non-hydrogen) atoms. The van der Waals surface area contributed by atoms with Crippen molar-refractivity contribution in [3.8, 4) is 0 Å². The van der Waals surface area contributed by atoms with E-state index in [0.717, 1.165) is 19.3 Å². The first kappa shape index (κ1) is 8.01. The van der Waals surface area contributed by atoms with Crippen molar-refractivity contribution in [1.29, 1.82) is 0 Å². The molecule has 1 aliphatic rings. The third kappa shape index (κ3) is 1.95. The fraction of sp³-hybridized carbons (Fsp3) is 1.00. The first-order valence-corrected chi connectivity index (χ1v) is 5.13. The van der Waals surface area contributed by atoms with Gasteiger partial charge in [-0.3, -0.25) is 4.18 Å². The van der Waals surface area contributed by atoms with Gasteiger partial charge in [0.05, 0.1) is 11.9 Å². The molecule has 1 heterocycles. The molecule has 0 radical (unpaired) electrons. The van der Waals surface area contributed by atoms with Crippen LogP contribution in [0.2, 0.25) is 0 Å². The molecular formula is C6H12O3S. The van der Waals surface area contributed by atoms with Gasteiger partial charge in [0.1, 0.15) is 0 Å². The van der Waals surface area contributed by atoms with Gasteiger partial charge in [-0.25, -0.2) is 0 Å². The molecule has 1 atom stereocenters. The molecule has 0 aromatic heterocycles. The van der Waals surface area contributed by atoms with Crippen LogP contribution < -0.4 is 0 Å². The molecule has 0 N–H and O–H groups in total. The Morgan fingerprint density at radius 1 is 1.60 bits per heavy atom. The molecule has 1 unspecified atom stereocenters. The van der Waals surface area contributed by atoms with Crippen LogP contribution in [0.5, 0.6) is 0 Å². The van der Waals surface area contributed by atoms with E-state index in [1.807, 2.05) is 6.92 Å². The summed E-state index contributed by atoms with van der Waals surface area (Å²) in [5.41, 5.74) is 0. The maximum absolute atomic E-state index is 10.8. The molecule has 1 aliphatic heterocycles. The van der Waals surface area contributed by atoms with E-state index in [4.69, 9.17) is 4.18 Å². The second kappa shape index (κ2) is 2.88. The highest BCUT2D eigenvalue weighted by molar-refractivity contribution is 7.86.